The van der Waals surface area contributed by atoms with Gasteiger partial charge in [0.25, 0.3) is 0 Å². The van der Waals surface area contributed by atoms with Gasteiger partial charge in [0, 0.05) is 23.3 Å². The summed E-state index contributed by atoms with van der Waals surface area (Å²) in [5.41, 5.74) is 1.80. The van der Waals surface area contributed by atoms with Gasteiger partial charge >= 0.3 is 5.97 Å². The summed E-state index contributed by atoms with van der Waals surface area (Å²) >= 11 is 0. The molecule has 0 heterocycles. The van der Waals surface area contributed by atoms with Crippen LogP contribution in [0, 0.1) is 0 Å². The number of ether oxygens (including phenoxy) is 2. The highest BCUT2D eigenvalue weighted by Crippen LogP contribution is 2.46. The number of rotatable bonds is 4. The maximum absolute atomic E-state index is 12.5. The maximum atomic E-state index is 12.5. The van der Waals surface area contributed by atoms with E-state index in [1.165, 1.54) is 13.8 Å². The fourth-order valence-corrected chi connectivity index (χ4v) is 3.05. The molecule has 0 saturated heterocycles. The van der Waals surface area contributed by atoms with Crippen molar-refractivity contribution in [3.8, 4) is 22.6 Å². The number of Topliss-reactive ketones (excluding diaryl/α,β-unsaturated/α-hetero) is 1. The second-order valence-corrected chi connectivity index (χ2v) is 5.67. The molecule has 0 aliphatic rings. The van der Waals surface area contributed by atoms with Crippen molar-refractivity contribution in [2.75, 3.05) is 7.11 Å². The first-order chi connectivity index (χ1) is 12.0. The Morgan fingerprint density at radius 3 is 1.88 bits per heavy atom. The van der Waals surface area contributed by atoms with Crippen LogP contribution in [0.2, 0.25) is 0 Å². The average Bonchev–Trinajstić information content (AvgIpc) is 2.61. The quantitative estimate of drug-likeness (QED) is 0.396. The van der Waals surface area contributed by atoms with Crippen LogP contribution in [-0.4, -0.2) is 18.9 Å². The van der Waals surface area contributed by atoms with E-state index in [9.17, 15) is 9.59 Å². The third kappa shape index (κ3) is 2.98. The minimum absolute atomic E-state index is 0.195. The van der Waals surface area contributed by atoms with Crippen LogP contribution in [0.25, 0.3) is 21.9 Å². The Labute approximate surface area is 146 Å². The smallest absolute Gasteiger partial charge is 0.308 e. The number of carbonyl (C=O) groups excluding carboxylic acids is 2. The van der Waals surface area contributed by atoms with Gasteiger partial charge in [0.1, 0.15) is 11.5 Å². The minimum atomic E-state index is -0.475. The number of fused-ring (bicyclic) bond motifs is 1. The Kier molecular flexibility index (Phi) is 4.52. The number of ketones is 1. The normalized spacial score (nSPS) is 10.5. The van der Waals surface area contributed by atoms with E-state index in [0.717, 1.165) is 10.9 Å². The number of esters is 1. The number of methoxy groups -OCH3 is 1. The molecule has 0 aliphatic heterocycles. The monoisotopic (exact) mass is 334 g/mol. The SMILES string of the molecule is COc1c(-c2ccccc2)c(C(C)=O)c(OC(C)=O)c2ccccc12. The summed E-state index contributed by atoms with van der Waals surface area (Å²) in [5, 5.41) is 1.45. The summed E-state index contributed by atoms with van der Waals surface area (Å²) in [5.74, 6) is 0.189. The third-order valence-corrected chi connectivity index (χ3v) is 3.98. The lowest BCUT2D eigenvalue weighted by Gasteiger charge is -2.19. The highest BCUT2D eigenvalue weighted by molar-refractivity contribution is 6.14. The molecule has 0 aliphatic carbocycles. The van der Waals surface area contributed by atoms with Crippen LogP contribution in [0.4, 0.5) is 0 Å². The van der Waals surface area contributed by atoms with Crippen LogP contribution in [0.1, 0.15) is 24.2 Å². The summed E-state index contributed by atoms with van der Waals surface area (Å²) in [6, 6.07) is 16.9. The summed E-state index contributed by atoms with van der Waals surface area (Å²) in [4.78, 5) is 24.2. The lowest BCUT2D eigenvalue weighted by atomic mass is 9.91. The van der Waals surface area contributed by atoms with E-state index in [2.05, 4.69) is 0 Å². The molecule has 3 aromatic rings. The van der Waals surface area contributed by atoms with Gasteiger partial charge in [0.2, 0.25) is 0 Å². The molecule has 4 heteroatoms. The van der Waals surface area contributed by atoms with E-state index < -0.39 is 5.97 Å². The van der Waals surface area contributed by atoms with Crippen molar-refractivity contribution >= 4 is 22.5 Å². The Balaban J connectivity index is 2.53. The summed E-state index contributed by atoms with van der Waals surface area (Å²) in [6.45, 7) is 2.79. The second kappa shape index (κ2) is 6.77. The van der Waals surface area contributed by atoms with E-state index in [1.54, 1.807) is 7.11 Å². The van der Waals surface area contributed by atoms with Crippen molar-refractivity contribution in [3.63, 3.8) is 0 Å². The van der Waals surface area contributed by atoms with Crippen molar-refractivity contribution < 1.29 is 19.1 Å². The molecular weight excluding hydrogens is 316 g/mol. The summed E-state index contributed by atoms with van der Waals surface area (Å²) < 4.78 is 11.1. The zero-order chi connectivity index (χ0) is 18.0. The molecule has 0 unspecified atom stereocenters. The topological polar surface area (TPSA) is 52.6 Å². The molecule has 0 amide bonds. The first-order valence-electron chi connectivity index (χ1n) is 7.92. The van der Waals surface area contributed by atoms with Gasteiger partial charge in [0.05, 0.1) is 12.7 Å². The number of hydrogen-bond donors (Lipinski definition) is 0. The zero-order valence-electron chi connectivity index (χ0n) is 14.3. The molecule has 3 rings (SSSR count). The molecule has 0 radical (unpaired) electrons. The molecule has 0 fully saturated rings. The average molecular weight is 334 g/mol. The standard InChI is InChI=1S/C21H18O4/c1-13(22)18-19(15-9-5-4-6-10-15)20(24-3)16-11-7-8-12-17(16)21(18)25-14(2)23/h4-12H,1-3H3. The van der Waals surface area contributed by atoms with Crippen molar-refractivity contribution in [2.45, 2.75) is 13.8 Å². The van der Waals surface area contributed by atoms with Gasteiger partial charge < -0.3 is 9.47 Å². The molecule has 0 aromatic heterocycles. The molecule has 0 N–H and O–H groups in total. The van der Waals surface area contributed by atoms with E-state index >= 15 is 0 Å². The Bertz CT molecular complexity index is 959. The largest absolute Gasteiger partial charge is 0.495 e. The highest BCUT2D eigenvalue weighted by atomic mass is 16.5. The number of benzene rings is 3. The van der Waals surface area contributed by atoms with Gasteiger partial charge in [-0.15, -0.1) is 0 Å². The first kappa shape index (κ1) is 16.7. The molecule has 0 atom stereocenters. The van der Waals surface area contributed by atoms with Crippen molar-refractivity contribution in [1.82, 2.24) is 0 Å². The molecule has 0 saturated carbocycles. The predicted molar refractivity (Wildman–Crippen MR) is 97.2 cm³/mol. The van der Waals surface area contributed by atoms with Gasteiger partial charge in [-0.1, -0.05) is 54.6 Å². The Morgan fingerprint density at radius 1 is 0.800 bits per heavy atom. The molecular formula is C21H18O4. The summed E-state index contributed by atoms with van der Waals surface area (Å²) in [7, 11) is 1.57. The lowest BCUT2D eigenvalue weighted by molar-refractivity contribution is -0.131. The fourth-order valence-electron chi connectivity index (χ4n) is 3.05. The van der Waals surface area contributed by atoms with Crippen LogP contribution >= 0.6 is 0 Å². The lowest BCUT2D eigenvalue weighted by Crippen LogP contribution is -2.09. The highest BCUT2D eigenvalue weighted by Gasteiger charge is 2.25. The van der Waals surface area contributed by atoms with Crippen molar-refractivity contribution in [1.29, 1.82) is 0 Å². The molecule has 126 valence electrons. The molecule has 25 heavy (non-hydrogen) atoms. The predicted octanol–water partition coefficient (Wildman–Crippen LogP) is 4.64. The van der Waals surface area contributed by atoms with Gasteiger partial charge in [0.15, 0.2) is 5.78 Å². The van der Waals surface area contributed by atoms with E-state index in [0.29, 0.717) is 22.3 Å². The van der Waals surface area contributed by atoms with Gasteiger partial charge in [-0.3, -0.25) is 9.59 Å². The van der Waals surface area contributed by atoms with Crippen LogP contribution in [0.15, 0.2) is 54.6 Å². The van der Waals surface area contributed by atoms with Gasteiger partial charge in [-0.05, 0) is 12.5 Å². The Hall–Kier alpha value is -3.14. The third-order valence-electron chi connectivity index (χ3n) is 3.98. The summed E-state index contributed by atoms with van der Waals surface area (Å²) in [6.07, 6.45) is 0. The van der Waals surface area contributed by atoms with Gasteiger partial charge in [-0.2, -0.15) is 0 Å². The van der Waals surface area contributed by atoms with E-state index in [-0.39, 0.29) is 11.5 Å². The number of hydrogen-bond acceptors (Lipinski definition) is 4. The van der Waals surface area contributed by atoms with E-state index in [4.69, 9.17) is 9.47 Å². The first-order valence-corrected chi connectivity index (χ1v) is 7.92. The molecule has 3 aromatic carbocycles. The molecule has 0 bridgehead atoms. The minimum Gasteiger partial charge on any atom is -0.495 e. The van der Waals surface area contributed by atoms with Crippen molar-refractivity contribution in [2.24, 2.45) is 0 Å². The van der Waals surface area contributed by atoms with Gasteiger partial charge in [-0.25, -0.2) is 0 Å². The van der Waals surface area contributed by atoms with Crippen LogP contribution in [0.3, 0.4) is 0 Å². The molecule has 0 spiro atoms. The maximum Gasteiger partial charge on any atom is 0.308 e. The zero-order valence-corrected chi connectivity index (χ0v) is 14.3. The van der Waals surface area contributed by atoms with Crippen LogP contribution < -0.4 is 9.47 Å². The molecule has 4 nitrogen and oxygen atoms in total. The fraction of sp³-hybridized carbons (Fsp3) is 0.143. The second-order valence-electron chi connectivity index (χ2n) is 5.67. The van der Waals surface area contributed by atoms with Crippen LogP contribution in [-0.2, 0) is 4.79 Å². The Morgan fingerprint density at radius 2 is 1.36 bits per heavy atom. The number of carbonyl (C=O) groups is 2. The van der Waals surface area contributed by atoms with E-state index in [1.807, 2.05) is 54.6 Å². The van der Waals surface area contributed by atoms with Crippen molar-refractivity contribution in [3.05, 3.63) is 60.2 Å². The van der Waals surface area contributed by atoms with Crippen LogP contribution in [0.5, 0.6) is 11.5 Å².